The van der Waals surface area contributed by atoms with Crippen molar-refractivity contribution in [1.82, 2.24) is 5.32 Å². The highest BCUT2D eigenvalue weighted by molar-refractivity contribution is 5.68. The summed E-state index contributed by atoms with van der Waals surface area (Å²) in [4.78, 5) is 10.7. The molecule has 1 aromatic carbocycles. The lowest BCUT2D eigenvalue weighted by molar-refractivity contribution is -0.143. The number of carboxylic acids is 1. The van der Waals surface area contributed by atoms with Gasteiger partial charge < -0.3 is 15.2 Å². The molecule has 0 amide bonds. The minimum atomic E-state index is -0.919. The minimum Gasteiger partial charge on any atom is -0.484 e. The highest BCUT2D eigenvalue weighted by Gasteiger charge is 2.41. The maximum atomic E-state index is 12.9. The largest absolute Gasteiger partial charge is 0.484 e. The van der Waals surface area contributed by atoms with Crippen LogP contribution in [0.15, 0.2) is 24.3 Å². The van der Waals surface area contributed by atoms with Gasteiger partial charge >= 0.3 is 5.97 Å². The van der Waals surface area contributed by atoms with E-state index in [-0.39, 0.29) is 6.42 Å². The highest BCUT2D eigenvalue weighted by Crippen LogP contribution is 2.25. The standard InChI is InChI=1S/C11H12FNO3/c12-8-2-1-3-9(4-8)16-11(5-10(14)15)6-13-7-11/h1-4,13H,5-7H2,(H,14,15). The SMILES string of the molecule is O=C(O)CC1(Oc2cccc(F)c2)CNC1. The molecule has 4 nitrogen and oxygen atoms in total. The van der Waals surface area contributed by atoms with Gasteiger partial charge in [0.1, 0.15) is 17.2 Å². The molecule has 1 aliphatic heterocycles. The van der Waals surface area contributed by atoms with E-state index in [2.05, 4.69) is 5.32 Å². The number of benzene rings is 1. The summed E-state index contributed by atoms with van der Waals surface area (Å²) in [6, 6.07) is 5.72. The fourth-order valence-electron chi connectivity index (χ4n) is 1.69. The number of carboxylic acid groups (broad SMARTS) is 1. The summed E-state index contributed by atoms with van der Waals surface area (Å²) in [5.41, 5.74) is -0.736. The van der Waals surface area contributed by atoms with Crippen molar-refractivity contribution in [3.63, 3.8) is 0 Å². The Hall–Kier alpha value is -1.62. The molecule has 0 bridgehead atoms. The van der Waals surface area contributed by atoms with Gasteiger partial charge in [0.15, 0.2) is 0 Å². The van der Waals surface area contributed by atoms with Crippen LogP contribution < -0.4 is 10.1 Å². The number of hydrogen-bond acceptors (Lipinski definition) is 3. The first-order valence-corrected chi connectivity index (χ1v) is 4.97. The van der Waals surface area contributed by atoms with Crippen molar-refractivity contribution in [3.8, 4) is 5.75 Å². The molecule has 16 heavy (non-hydrogen) atoms. The maximum Gasteiger partial charge on any atom is 0.307 e. The molecule has 0 spiro atoms. The number of carbonyl (C=O) groups is 1. The van der Waals surface area contributed by atoms with E-state index in [4.69, 9.17) is 9.84 Å². The van der Waals surface area contributed by atoms with Crippen molar-refractivity contribution in [2.45, 2.75) is 12.0 Å². The number of rotatable bonds is 4. The average Bonchev–Trinajstić information content (AvgIpc) is 2.13. The fourth-order valence-corrected chi connectivity index (χ4v) is 1.69. The van der Waals surface area contributed by atoms with Crippen LogP contribution in [0.3, 0.4) is 0 Å². The molecule has 1 aliphatic rings. The van der Waals surface area contributed by atoms with Crippen LogP contribution in [-0.2, 0) is 4.79 Å². The topological polar surface area (TPSA) is 58.6 Å². The van der Waals surface area contributed by atoms with E-state index in [0.717, 1.165) is 0 Å². The zero-order valence-corrected chi connectivity index (χ0v) is 8.57. The van der Waals surface area contributed by atoms with Crippen molar-refractivity contribution >= 4 is 5.97 Å². The third-order valence-electron chi connectivity index (χ3n) is 2.50. The second-order valence-electron chi connectivity index (χ2n) is 3.92. The summed E-state index contributed by atoms with van der Waals surface area (Å²) in [5.74, 6) is -0.948. The van der Waals surface area contributed by atoms with Crippen molar-refractivity contribution in [2.75, 3.05) is 13.1 Å². The van der Waals surface area contributed by atoms with Crippen LogP contribution in [-0.4, -0.2) is 29.8 Å². The molecule has 0 unspecified atom stereocenters. The van der Waals surface area contributed by atoms with E-state index >= 15 is 0 Å². The second kappa shape index (κ2) is 4.09. The quantitative estimate of drug-likeness (QED) is 0.803. The van der Waals surface area contributed by atoms with E-state index in [1.165, 1.54) is 18.2 Å². The number of nitrogens with one attached hydrogen (secondary N) is 1. The first-order chi connectivity index (χ1) is 7.60. The summed E-state index contributed by atoms with van der Waals surface area (Å²) < 4.78 is 18.5. The summed E-state index contributed by atoms with van der Waals surface area (Å²) in [7, 11) is 0. The highest BCUT2D eigenvalue weighted by atomic mass is 19.1. The minimum absolute atomic E-state index is 0.0868. The molecule has 1 fully saturated rings. The van der Waals surface area contributed by atoms with Gasteiger partial charge in [0, 0.05) is 19.2 Å². The van der Waals surface area contributed by atoms with E-state index in [1.807, 2.05) is 0 Å². The van der Waals surface area contributed by atoms with Gasteiger partial charge in [-0.3, -0.25) is 4.79 Å². The zero-order valence-electron chi connectivity index (χ0n) is 8.57. The monoisotopic (exact) mass is 225 g/mol. The van der Waals surface area contributed by atoms with Crippen molar-refractivity contribution in [3.05, 3.63) is 30.1 Å². The second-order valence-corrected chi connectivity index (χ2v) is 3.92. The summed E-state index contributed by atoms with van der Waals surface area (Å²) in [6.45, 7) is 0.936. The van der Waals surface area contributed by atoms with Gasteiger partial charge in [-0.15, -0.1) is 0 Å². The lowest BCUT2D eigenvalue weighted by Crippen LogP contribution is -2.64. The van der Waals surface area contributed by atoms with Crippen molar-refractivity contribution in [2.24, 2.45) is 0 Å². The van der Waals surface area contributed by atoms with Crippen molar-refractivity contribution in [1.29, 1.82) is 0 Å². The number of hydrogen-bond donors (Lipinski definition) is 2. The number of ether oxygens (including phenoxy) is 1. The molecule has 2 rings (SSSR count). The fraction of sp³-hybridized carbons (Fsp3) is 0.364. The molecular formula is C11H12FNO3. The van der Waals surface area contributed by atoms with E-state index in [0.29, 0.717) is 18.8 Å². The van der Waals surface area contributed by atoms with Crippen LogP contribution >= 0.6 is 0 Å². The van der Waals surface area contributed by atoms with Crippen LogP contribution in [0.5, 0.6) is 5.75 Å². The third-order valence-corrected chi connectivity index (χ3v) is 2.50. The predicted molar refractivity (Wildman–Crippen MR) is 54.9 cm³/mol. The maximum absolute atomic E-state index is 12.9. The van der Waals surface area contributed by atoms with Gasteiger partial charge in [-0.05, 0) is 12.1 Å². The molecule has 2 N–H and O–H groups in total. The first-order valence-electron chi connectivity index (χ1n) is 4.97. The first kappa shape index (κ1) is 10.9. The Bertz CT molecular complexity index is 404. The molecule has 1 saturated heterocycles. The predicted octanol–water partition coefficient (Wildman–Crippen LogP) is 1.02. The Morgan fingerprint density at radius 2 is 2.31 bits per heavy atom. The van der Waals surface area contributed by atoms with Gasteiger partial charge in [0.2, 0.25) is 0 Å². The van der Waals surface area contributed by atoms with Crippen LogP contribution in [0.1, 0.15) is 6.42 Å². The lowest BCUT2D eigenvalue weighted by Gasteiger charge is -2.41. The van der Waals surface area contributed by atoms with Gasteiger partial charge in [0.05, 0.1) is 6.42 Å². The Labute approximate surface area is 92.0 Å². The van der Waals surface area contributed by atoms with Gasteiger partial charge in [-0.1, -0.05) is 6.07 Å². The molecule has 1 aromatic rings. The van der Waals surface area contributed by atoms with E-state index in [1.54, 1.807) is 6.07 Å². The summed E-state index contributed by atoms with van der Waals surface area (Å²) in [5, 5.41) is 11.7. The Morgan fingerprint density at radius 1 is 1.56 bits per heavy atom. The van der Waals surface area contributed by atoms with Gasteiger partial charge in [0.25, 0.3) is 0 Å². The Morgan fingerprint density at radius 3 is 2.81 bits per heavy atom. The van der Waals surface area contributed by atoms with E-state index in [9.17, 15) is 9.18 Å². The third kappa shape index (κ3) is 2.30. The molecule has 86 valence electrons. The molecule has 5 heteroatoms. The van der Waals surface area contributed by atoms with Crippen LogP contribution in [0.25, 0.3) is 0 Å². The zero-order chi connectivity index (χ0) is 11.6. The van der Waals surface area contributed by atoms with E-state index < -0.39 is 17.4 Å². The molecule has 0 atom stereocenters. The molecule has 1 heterocycles. The molecule has 0 aliphatic carbocycles. The van der Waals surface area contributed by atoms with Gasteiger partial charge in [-0.2, -0.15) is 0 Å². The lowest BCUT2D eigenvalue weighted by atomic mass is 9.92. The summed E-state index contributed by atoms with van der Waals surface area (Å²) in [6.07, 6.45) is -0.0868. The molecule has 0 saturated carbocycles. The van der Waals surface area contributed by atoms with Crippen molar-refractivity contribution < 1.29 is 19.0 Å². The molecule has 0 aromatic heterocycles. The van der Waals surface area contributed by atoms with Gasteiger partial charge in [-0.25, -0.2) is 4.39 Å². The number of aliphatic carboxylic acids is 1. The number of halogens is 1. The van der Waals surface area contributed by atoms with Crippen LogP contribution in [0.4, 0.5) is 4.39 Å². The van der Waals surface area contributed by atoms with Crippen LogP contribution in [0, 0.1) is 5.82 Å². The summed E-state index contributed by atoms with van der Waals surface area (Å²) >= 11 is 0. The Balaban J connectivity index is 2.09. The normalized spacial score (nSPS) is 17.6. The molecule has 0 radical (unpaired) electrons. The average molecular weight is 225 g/mol. The smallest absolute Gasteiger partial charge is 0.307 e. The molecular weight excluding hydrogens is 213 g/mol. The Kier molecular flexibility index (Phi) is 2.78. The van der Waals surface area contributed by atoms with Crippen LogP contribution in [0.2, 0.25) is 0 Å².